The third-order valence-corrected chi connectivity index (χ3v) is 4.49. The number of piperazine rings is 1. The molecule has 0 N–H and O–H groups in total. The molecule has 0 saturated carbocycles. The van der Waals surface area contributed by atoms with E-state index in [0.29, 0.717) is 30.9 Å². The highest BCUT2D eigenvalue weighted by Crippen LogP contribution is 2.30. The lowest BCUT2D eigenvalue weighted by Gasteiger charge is -2.39. The molecule has 0 aromatic heterocycles. The molecular weight excluding hydrogens is 307 g/mol. The predicted octanol–water partition coefficient (Wildman–Crippen LogP) is 3.07. The minimum absolute atomic E-state index is 0.00193. The van der Waals surface area contributed by atoms with E-state index >= 15 is 0 Å². The van der Waals surface area contributed by atoms with Crippen LogP contribution in [0.4, 0.5) is 10.1 Å². The summed E-state index contributed by atoms with van der Waals surface area (Å²) in [5, 5.41) is 0. The predicted molar refractivity (Wildman–Crippen MR) is 91.6 cm³/mol. The first-order valence-electron chi connectivity index (χ1n) is 8.03. The maximum Gasteiger partial charge on any atom is 0.244 e. The zero-order chi connectivity index (χ0) is 17.1. The summed E-state index contributed by atoms with van der Waals surface area (Å²) in [6.07, 6.45) is 0. The molecule has 126 valence electrons. The van der Waals surface area contributed by atoms with Crippen molar-refractivity contribution < 1.29 is 13.9 Å². The summed E-state index contributed by atoms with van der Waals surface area (Å²) in [4.78, 5) is 16.6. The zero-order valence-electron chi connectivity index (χ0n) is 13.9. The number of rotatable bonds is 4. The molecule has 2 aromatic carbocycles. The van der Waals surface area contributed by atoms with Crippen LogP contribution in [0.15, 0.2) is 48.5 Å². The van der Waals surface area contributed by atoms with Crippen molar-refractivity contribution in [2.75, 3.05) is 25.1 Å². The second-order valence-electron chi connectivity index (χ2n) is 5.90. The maximum absolute atomic E-state index is 13.9. The van der Waals surface area contributed by atoms with Gasteiger partial charge in [0.25, 0.3) is 0 Å². The van der Waals surface area contributed by atoms with Gasteiger partial charge in [0.15, 0.2) is 0 Å². The van der Waals surface area contributed by atoms with Crippen LogP contribution in [0.25, 0.3) is 0 Å². The van der Waals surface area contributed by atoms with Crippen LogP contribution in [-0.4, -0.2) is 37.0 Å². The number of amides is 1. The van der Waals surface area contributed by atoms with Gasteiger partial charge >= 0.3 is 0 Å². The van der Waals surface area contributed by atoms with Crippen LogP contribution in [0.3, 0.4) is 0 Å². The number of ether oxygens (including phenoxy) is 1. The number of nitrogens with zero attached hydrogens (tertiary/aromatic N) is 2. The lowest BCUT2D eigenvalue weighted by Crippen LogP contribution is -2.55. The highest BCUT2D eigenvalue weighted by Gasteiger charge is 2.33. The van der Waals surface area contributed by atoms with Crippen molar-refractivity contribution in [3.8, 4) is 5.75 Å². The minimum Gasteiger partial charge on any atom is -0.495 e. The monoisotopic (exact) mass is 328 g/mol. The van der Waals surface area contributed by atoms with Gasteiger partial charge < -0.3 is 9.64 Å². The highest BCUT2D eigenvalue weighted by molar-refractivity contribution is 5.98. The SMILES string of the molecule is COc1ccccc1N1CCN(Cc2ccccc2F)[C@@H](C)C1=O. The average Bonchev–Trinajstić information content (AvgIpc) is 2.61. The smallest absolute Gasteiger partial charge is 0.244 e. The molecule has 1 atom stereocenters. The van der Waals surface area contributed by atoms with Crippen molar-refractivity contribution in [2.24, 2.45) is 0 Å². The summed E-state index contributed by atoms with van der Waals surface area (Å²) in [5.74, 6) is 0.451. The zero-order valence-corrected chi connectivity index (χ0v) is 13.9. The normalized spacial score (nSPS) is 18.7. The fourth-order valence-electron chi connectivity index (χ4n) is 3.07. The Morgan fingerprint density at radius 2 is 1.83 bits per heavy atom. The molecule has 1 aliphatic rings. The quantitative estimate of drug-likeness (QED) is 0.865. The van der Waals surface area contributed by atoms with Crippen LogP contribution in [0, 0.1) is 5.82 Å². The summed E-state index contributed by atoms with van der Waals surface area (Å²) < 4.78 is 19.2. The van der Waals surface area contributed by atoms with Gasteiger partial charge in [0, 0.05) is 25.2 Å². The summed E-state index contributed by atoms with van der Waals surface area (Å²) in [5.41, 5.74) is 1.39. The number of halogens is 1. The van der Waals surface area contributed by atoms with Crippen LogP contribution in [0.2, 0.25) is 0 Å². The summed E-state index contributed by atoms with van der Waals surface area (Å²) in [7, 11) is 1.60. The van der Waals surface area contributed by atoms with Gasteiger partial charge in [0.1, 0.15) is 11.6 Å². The summed E-state index contributed by atoms with van der Waals surface area (Å²) in [6, 6.07) is 13.9. The van der Waals surface area contributed by atoms with Crippen LogP contribution >= 0.6 is 0 Å². The van der Waals surface area contributed by atoms with E-state index in [-0.39, 0.29) is 17.8 Å². The van der Waals surface area contributed by atoms with Gasteiger partial charge in [0.05, 0.1) is 18.8 Å². The first-order valence-corrected chi connectivity index (χ1v) is 8.03. The molecule has 1 heterocycles. The number of benzene rings is 2. The van der Waals surface area contributed by atoms with E-state index in [2.05, 4.69) is 0 Å². The van der Waals surface area contributed by atoms with Gasteiger partial charge in [-0.15, -0.1) is 0 Å². The third kappa shape index (κ3) is 3.12. The molecule has 0 bridgehead atoms. The van der Waals surface area contributed by atoms with Crippen molar-refractivity contribution in [3.63, 3.8) is 0 Å². The maximum atomic E-state index is 13.9. The number of hydrogen-bond donors (Lipinski definition) is 0. The molecular formula is C19H21FN2O2. The van der Waals surface area contributed by atoms with Crippen LogP contribution in [-0.2, 0) is 11.3 Å². The number of para-hydroxylation sites is 2. The molecule has 0 unspecified atom stereocenters. The molecule has 0 aliphatic carbocycles. The topological polar surface area (TPSA) is 32.8 Å². The highest BCUT2D eigenvalue weighted by atomic mass is 19.1. The van der Waals surface area contributed by atoms with Crippen molar-refractivity contribution in [3.05, 3.63) is 59.9 Å². The Morgan fingerprint density at radius 1 is 1.12 bits per heavy atom. The molecule has 1 aliphatic heterocycles. The Bertz CT molecular complexity index is 735. The van der Waals surface area contributed by atoms with E-state index in [1.807, 2.05) is 42.2 Å². The summed E-state index contributed by atoms with van der Waals surface area (Å²) >= 11 is 0. The van der Waals surface area contributed by atoms with Gasteiger partial charge in [-0.25, -0.2) is 4.39 Å². The number of methoxy groups -OCH3 is 1. The Morgan fingerprint density at radius 3 is 2.58 bits per heavy atom. The largest absolute Gasteiger partial charge is 0.495 e. The first-order chi connectivity index (χ1) is 11.6. The van der Waals surface area contributed by atoms with E-state index in [4.69, 9.17) is 4.74 Å². The Balaban J connectivity index is 1.78. The summed E-state index contributed by atoms with van der Waals surface area (Å²) in [6.45, 7) is 3.53. The number of carbonyl (C=O) groups excluding carboxylic acids is 1. The number of anilines is 1. The van der Waals surface area contributed by atoms with E-state index in [1.165, 1.54) is 6.07 Å². The van der Waals surface area contributed by atoms with Gasteiger partial charge in [0.2, 0.25) is 5.91 Å². The van der Waals surface area contributed by atoms with E-state index < -0.39 is 0 Å². The molecule has 1 amide bonds. The van der Waals surface area contributed by atoms with Crippen LogP contribution < -0.4 is 9.64 Å². The Labute approximate surface area is 141 Å². The van der Waals surface area contributed by atoms with Crippen molar-refractivity contribution in [1.82, 2.24) is 4.90 Å². The van der Waals surface area contributed by atoms with Gasteiger partial charge in [-0.3, -0.25) is 9.69 Å². The molecule has 0 spiro atoms. The molecule has 4 nitrogen and oxygen atoms in total. The molecule has 2 aromatic rings. The lowest BCUT2D eigenvalue weighted by molar-refractivity contribution is -0.125. The molecule has 24 heavy (non-hydrogen) atoms. The van der Waals surface area contributed by atoms with Gasteiger partial charge in [-0.1, -0.05) is 30.3 Å². The fourth-order valence-corrected chi connectivity index (χ4v) is 3.07. The Kier molecular flexibility index (Phi) is 4.81. The fraction of sp³-hybridized carbons (Fsp3) is 0.316. The van der Waals surface area contributed by atoms with Gasteiger partial charge in [-0.2, -0.15) is 0 Å². The van der Waals surface area contributed by atoms with Crippen LogP contribution in [0.5, 0.6) is 5.75 Å². The Hall–Kier alpha value is -2.40. The second kappa shape index (κ2) is 7.01. The van der Waals surface area contributed by atoms with Gasteiger partial charge in [-0.05, 0) is 25.1 Å². The minimum atomic E-state index is -0.316. The van der Waals surface area contributed by atoms with Crippen molar-refractivity contribution >= 4 is 11.6 Å². The lowest BCUT2D eigenvalue weighted by atomic mass is 10.1. The molecule has 0 radical (unpaired) electrons. The standard InChI is InChI=1S/C19H21FN2O2/c1-14-19(23)22(17-9-5-6-10-18(17)24-2)12-11-21(14)13-15-7-3-4-8-16(15)20/h3-10,14H,11-13H2,1-2H3/t14-/m0/s1. The molecule has 5 heteroatoms. The number of hydrogen-bond acceptors (Lipinski definition) is 3. The van der Waals surface area contributed by atoms with Crippen molar-refractivity contribution in [2.45, 2.75) is 19.5 Å². The van der Waals surface area contributed by atoms with Crippen molar-refractivity contribution in [1.29, 1.82) is 0 Å². The van der Waals surface area contributed by atoms with E-state index in [1.54, 1.807) is 24.1 Å². The molecule has 1 saturated heterocycles. The van der Waals surface area contributed by atoms with E-state index in [9.17, 15) is 9.18 Å². The third-order valence-electron chi connectivity index (χ3n) is 4.49. The second-order valence-corrected chi connectivity index (χ2v) is 5.90. The first kappa shape index (κ1) is 16.5. The van der Waals surface area contributed by atoms with Crippen LogP contribution in [0.1, 0.15) is 12.5 Å². The van der Waals surface area contributed by atoms with E-state index in [0.717, 1.165) is 5.69 Å². The number of carbonyl (C=O) groups is 1. The molecule has 3 rings (SSSR count). The average molecular weight is 328 g/mol. The molecule has 1 fully saturated rings.